The van der Waals surface area contributed by atoms with Crippen LogP contribution in [0.25, 0.3) is 0 Å². The van der Waals surface area contributed by atoms with Crippen LogP contribution in [0, 0.1) is 12.7 Å². The summed E-state index contributed by atoms with van der Waals surface area (Å²) < 4.78 is 13.5. The van der Waals surface area contributed by atoms with Crippen LogP contribution in [0.4, 0.5) is 10.1 Å². The van der Waals surface area contributed by atoms with Gasteiger partial charge in [0.05, 0.1) is 0 Å². The summed E-state index contributed by atoms with van der Waals surface area (Å²) in [6.07, 6.45) is 0. The van der Waals surface area contributed by atoms with E-state index in [1.807, 2.05) is 13.0 Å². The van der Waals surface area contributed by atoms with Gasteiger partial charge in [-0.25, -0.2) is 4.39 Å². The quantitative estimate of drug-likeness (QED) is 0.896. The Morgan fingerprint density at radius 3 is 2.40 bits per heavy atom. The van der Waals surface area contributed by atoms with Crippen molar-refractivity contribution in [2.75, 3.05) is 5.32 Å². The maximum atomic E-state index is 13.5. The third kappa shape index (κ3) is 3.15. The highest BCUT2D eigenvalue weighted by atomic mass is 19.1. The molecule has 0 aromatic heterocycles. The van der Waals surface area contributed by atoms with E-state index in [0.717, 1.165) is 11.3 Å². The van der Waals surface area contributed by atoms with Crippen LogP contribution in [0.1, 0.15) is 34.5 Å². The Morgan fingerprint density at radius 1 is 1.20 bits per heavy atom. The van der Waals surface area contributed by atoms with Gasteiger partial charge in [0.2, 0.25) is 5.91 Å². The van der Waals surface area contributed by atoms with Crippen molar-refractivity contribution in [3.63, 3.8) is 0 Å². The van der Waals surface area contributed by atoms with E-state index in [1.54, 1.807) is 37.3 Å². The average Bonchev–Trinajstić information content (AvgIpc) is 2.42. The molecule has 2 aromatic rings. The largest absolute Gasteiger partial charge is 0.379 e. The van der Waals surface area contributed by atoms with Crippen LogP contribution >= 0.6 is 0 Å². The Morgan fingerprint density at radius 2 is 1.85 bits per heavy atom. The zero-order valence-corrected chi connectivity index (χ0v) is 11.5. The molecule has 1 amide bonds. The molecular weight excluding hydrogens is 255 g/mol. The van der Waals surface area contributed by atoms with Crippen molar-refractivity contribution < 1.29 is 9.18 Å². The monoisotopic (exact) mass is 272 g/mol. The molecule has 4 heteroatoms. The second kappa shape index (κ2) is 5.74. The molecule has 20 heavy (non-hydrogen) atoms. The lowest BCUT2D eigenvalue weighted by atomic mass is 10.1. The summed E-state index contributed by atoms with van der Waals surface area (Å²) in [6, 6.07) is 12.0. The number of carbonyl (C=O) groups excluding carboxylic acids is 1. The van der Waals surface area contributed by atoms with Crippen molar-refractivity contribution in [1.82, 2.24) is 0 Å². The molecule has 0 spiro atoms. The number of amides is 1. The molecule has 1 unspecified atom stereocenters. The first-order valence-corrected chi connectivity index (χ1v) is 6.40. The highest BCUT2D eigenvalue weighted by molar-refractivity contribution is 5.93. The second-order valence-electron chi connectivity index (χ2n) is 4.82. The van der Waals surface area contributed by atoms with Crippen LogP contribution in [0.15, 0.2) is 42.5 Å². The van der Waals surface area contributed by atoms with Crippen molar-refractivity contribution in [3.05, 3.63) is 65.0 Å². The molecule has 0 radical (unpaired) electrons. The lowest BCUT2D eigenvalue weighted by Crippen LogP contribution is -2.11. The molecule has 104 valence electrons. The van der Waals surface area contributed by atoms with Gasteiger partial charge in [-0.15, -0.1) is 0 Å². The molecule has 0 bridgehead atoms. The third-order valence-corrected chi connectivity index (χ3v) is 3.25. The van der Waals surface area contributed by atoms with E-state index >= 15 is 0 Å². The fourth-order valence-corrected chi connectivity index (χ4v) is 1.94. The molecule has 3 nitrogen and oxygen atoms in total. The van der Waals surface area contributed by atoms with Crippen molar-refractivity contribution in [3.8, 4) is 0 Å². The minimum absolute atomic E-state index is 0.0375. The molecule has 3 N–H and O–H groups in total. The van der Waals surface area contributed by atoms with Crippen molar-refractivity contribution in [1.29, 1.82) is 0 Å². The first kappa shape index (κ1) is 14.1. The fourth-order valence-electron chi connectivity index (χ4n) is 1.94. The predicted molar refractivity (Wildman–Crippen MR) is 78.1 cm³/mol. The SMILES string of the molecule is Cc1ccc(C(C)Nc2ccc(C(N)=O)cc2)cc1F. The molecule has 0 saturated carbocycles. The smallest absolute Gasteiger partial charge is 0.248 e. The maximum absolute atomic E-state index is 13.5. The normalized spacial score (nSPS) is 11.9. The van der Waals surface area contributed by atoms with Gasteiger partial charge in [0.15, 0.2) is 0 Å². The van der Waals surface area contributed by atoms with E-state index < -0.39 is 5.91 Å². The van der Waals surface area contributed by atoms with Gasteiger partial charge in [0.1, 0.15) is 5.82 Å². The molecule has 0 aliphatic carbocycles. The predicted octanol–water partition coefficient (Wildman–Crippen LogP) is 3.41. The first-order chi connectivity index (χ1) is 9.47. The van der Waals surface area contributed by atoms with Crippen LogP contribution in [0.5, 0.6) is 0 Å². The number of halogens is 1. The summed E-state index contributed by atoms with van der Waals surface area (Å²) in [5, 5.41) is 3.25. The lowest BCUT2D eigenvalue weighted by molar-refractivity contribution is 0.100. The van der Waals surface area contributed by atoms with Gasteiger partial charge in [0, 0.05) is 17.3 Å². The molecule has 0 heterocycles. The molecule has 0 aliphatic rings. The Balaban J connectivity index is 2.12. The molecule has 0 aliphatic heterocycles. The Hall–Kier alpha value is -2.36. The molecule has 2 rings (SSSR count). The minimum Gasteiger partial charge on any atom is -0.379 e. The molecule has 0 fully saturated rings. The van der Waals surface area contributed by atoms with Crippen LogP contribution in [0.3, 0.4) is 0 Å². The molecule has 1 atom stereocenters. The topological polar surface area (TPSA) is 55.1 Å². The van der Waals surface area contributed by atoms with Gasteiger partial charge in [-0.3, -0.25) is 4.79 Å². The van der Waals surface area contributed by atoms with Crippen LogP contribution < -0.4 is 11.1 Å². The van der Waals surface area contributed by atoms with E-state index in [0.29, 0.717) is 11.1 Å². The Labute approximate surface area is 117 Å². The average molecular weight is 272 g/mol. The summed E-state index contributed by atoms with van der Waals surface area (Å²) in [5.41, 5.74) is 8.00. The summed E-state index contributed by atoms with van der Waals surface area (Å²) >= 11 is 0. The van der Waals surface area contributed by atoms with Gasteiger partial charge in [-0.1, -0.05) is 12.1 Å². The molecule has 0 saturated heterocycles. The highest BCUT2D eigenvalue weighted by Gasteiger charge is 2.08. The van der Waals surface area contributed by atoms with Gasteiger partial charge in [-0.2, -0.15) is 0 Å². The summed E-state index contributed by atoms with van der Waals surface area (Å²) in [7, 11) is 0. The molecular formula is C16H17FN2O. The van der Waals surface area contributed by atoms with E-state index in [2.05, 4.69) is 5.32 Å². The lowest BCUT2D eigenvalue weighted by Gasteiger charge is -2.16. The van der Waals surface area contributed by atoms with E-state index in [1.165, 1.54) is 6.07 Å². The Bertz CT molecular complexity index is 623. The fraction of sp³-hybridized carbons (Fsp3) is 0.188. The van der Waals surface area contributed by atoms with Crippen LogP contribution in [0.2, 0.25) is 0 Å². The standard InChI is InChI=1S/C16H17FN2O/c1-10-3-4-13(9-15(10)17)11(2)19-14-7-5-12(6-8-14)16(18)20/h3-9,11,19H,1-2H3,(H2,18,20). The van der Waals surface area contributed by atoms with E-state index in [4.69, 9.17) is 5.73 Å². The highest BCUT2D eigenvalue weighted by Crippen LogP contribution is 2.21. The number of rotatable bonds is 4. The number of benzene rings is 2. The number of primary amides is 1. The second-order valence-corrected chi connectivity index (χ2v) is 4.82. The maximum Gasteiger partial charge on any atom is 0.248 e. The third-order valence-electron chi connectivity index (χ3n) is 3.25. The number of nitrogens with two attached hydrogens (primary N) is 1. The number of hydrogen-bond acceptors (Lipinski definition) is 2. The van der Waals surface area contributed by atoms with Gasteiger partial charge in [-0.05, 0) is 55.3 Å². The van der Waals surface area contributed by atoms with Crippen molar-refractivity contribution >= 4 is 11.6 Å². The summed E-state index contributed by atoms with van der Waals surface area (Å²) in [4.78, 5) is 11.0. The van der Waals surface area contributed by atoms with Gasteiger partial charge >= 0.3 is 0 Å². The summed E-state index contributed by atoms with van der Waals surface area (Å²) in [6.45, 7) is 3.69. The van der Waals surface area contributed by atoms with Crippen LogP contribution in [-0.4, -0.2) is 5.91 Å². The van der Waals surface area contributed by atoms with Crippen molar-refractivity contribution in [2.45, 2.75) is 19.9 Å². The molecule has 2 aromatic carbocycles. The van der Waals surface area contributed by atoms with Crippen molar-refractivity contribution in [2.24, 2.45) is 5.73 Å². The minimum atomic E-state index is -0.454. The number of aryl methyl sites for hydroxylation is 1. The van der Waals surface area contributed by atoms with E-state index in [-0.39, 0.29) is 11.9 Å². The Kier molecular flexibility index (Phi) is 4.03. The van der Waals surface area contributed by atoms with Gasteiger partial charge < -0.3 is 11.1 Å². The zero-order valence-electron chi connectivity index (χ0n) is 11.5. The number of carbonyl (C=O) groups is 1. The van der Waals surface area contributed by atoms with Crippen LogP contribution in [-0.2, 0) is 0 Å². The zero-order chi connectivity index (χ0) is 14.7. The number of anilines is 1. The van der Waals surface area contributed by atoms with E-state index in [9.17, 15) is 9.18 Å². The number of nitrogens with one attached hydrogen (secondary N) is 1. The first-order valence-electron chi connectivity index (χ1n) is 6.40. The number of hydrogen-bond donors (Lipinski definition) is 2. The van der Waals surface area contributed by atoms with Gasteiger partial charge in [0.25, 0.3) is 0 Å². The summed E-state index contributed by atoms with van der Waals surface area (Å²) in [5.74, 6) is -0.662.